The average molecular weight is 302 g/mol. The summed E-state index contributed by atoms with van der Waals surface area (Å²) < 4.78 is 14.4. The van der Waals surface area contributed by atoms with Crippen LogP contribution in [0.25, 0.3) is 11.0 Å². The SMILES string of the molecule is CC(C)c1nnc(COc2ccc3c(c2)n(C)c(=O)n3C)o1. The summed E-state index contributed by atoms with van der Waals surface area (Å²) in [7, 11) is 3.48. The summed E-state index contributed by atoms with van der Waals surface area (Å²) in [4.78, 5) is 11.9. The Hall–Kier alpha value is -2.57. The number of benzene rings is 1. The molecule has 0 unspecified atom stereocenters. The summed E-state index contributed by atoms with van der Waals surface area (Å²) in [5.74, 6) is 1.87. The van der Waals surface area contributed by atoms with E-state index in [2.05, 4.69) is 10.2 Å². The molecule has 116 valence electrons. The van der Waals surface area contributed by atoms with E-state index in [1.807, 2.05) is 32.0 Å². The van der Waals surface area contributed by atoms with Gasteiger partial charge in [-0.3, -0.25) is 9.13 Å². The van der Waals surface area contributed by atoms with Crippen LogP contribution in [0, 0.1) is 0 Å². The first-order valence-corrected chi connectivity index (χ1v) is 7.08. The summed E-state index contributed by atoms with van der Waals surface area (Å²) in [6.07, 6.45) is 0. The van der Waals surface area contributed by atoms with E-state index in [1.165, 1.54) is 0 Å². The molecule has 0 amide bonds. The van der Waals surface area contributed by atoms with E-state index in [0.717, 1.165) is 11.0 Å². The standard InChI is InChI=1S/C15H18N4O3/c1-9(2)14-17-16-13(22-14)8-21-10-5-6-11-12(7-10)19(4)15(20)18(11)3/h5-7,9H,8H2,1-4H3. The maximum absolute atomic E-state index is 11.9. The predicted octanol–water partition coefficient (Wildman–Crippen LogP) is 1.96. The fraction of sp³-hybridized carbons (Fsp3) is 0.400. The molecule has 3 aromatic rings. The lowest BCUT2D eigenvalue weighted by molar-refractivity contribution is 0.257. The lowest BCUT2D eigenvalue weighted by atomic mass is 10.2. The smallest absolute Gasteiger partial charge is 0.328 e. The third-order valence-electron chi connectivity index (χ3n) is 3.58. The van der Waals surface area contributed by atoms with Gasteiger partial charge >= 0.3 is 5.69 Å². The molecule has 7 nitrogen and oxygen atoms in total. The minimum Gasteiger partial charge on any atom is -0.484 e. The summed E-state index contributed by atoms with van der Waals surface area (Å²) >= 11 is 0. The van der Waals surface area contributed by atoms with E-state index in [4.69, 9.17) is 9.15 Å². The molecule has 2 heterocycles. The molecule has 1 aromatic carbocycles. The van der Waals surface area contributed by atoms with Crippen LogP contribution in [0.2, 0.25) is 0 Å². The monoisotopic (exact) mass is 302 g/mol. The van der Waals surface area contributed by atoms with Gasteiger partial charge in [0.05, 0.1) is 11.0 Å². The van der Waals surface area contributed by atoms with Gasteiger partial charge in [-0.2, -0.15) is 0 Å². The second kappa shape index (κ2) is 5.32. The molecular weight excluding hydrogens is 284 g/mol. The zero-order valence-corrected chi connectivity index (χ0v) is 13.0. The Labute approximate surface area is 127 Å². The molecule has 0 bridgehead atoms. The maximum Gasteiger partial charge on any atom is 0.328 e. The summed E-state index contributed by atoms with van der Waals surface area (Å²) in [5, 5.41) is 7.91. The molecule has 0 radical (unpaired) electrons. The zero-order chi connectivity index (χ0) is 15.9. The Morgan fingerprint density at radius 2 is 1.91 bits per heavy atom. The van der Waals surface area contributed by atoms with Crippen molar-refractivity contribution in [2.24, 2.45) is 14.1 Å². The molecule has 0 N–H and O–H groups in total. The minimum atomic E-state index is -0.0642. The number of hydrogen-bond donors (Lipinski definition) is 0. The molecule has 3 rings (SSSR count). The van der Waals surface area contributed by atoms with Crippen LogP contribution >= 0.6 is 0 Å². The van der Waals surface area contributed by atoms with Crippen molar-refractivity contribution in [3.8, 4) is 5.75 Å². The van der Waals surface area contributed by atoms with E-state index < -0.39 is 0 Å². The van der Waals surface area contributed by atoms with E-state index >= 15 is 0 Å². The molecule has 22 heavy (non-hydrogen) atoms. The van der Waals surface area contributed by atoms with Crippen molar-refractivity contribution < 1.29 is 9.15 Å². The second-order valence-electron chi connectivity index (χ2n) is 5.53. The van der Waals surface area contributed by atoms with Gasteiger partial charge in [0.15, 0.2) is 6.61 Å². The van der Waals surface area contributed by atoms with E-state index in [0.29, 0.717) is 17.5 Å². The maximum atomic E-state index is 11.9. The minimum absolute atomic E-state index is 0.0642. The fourth-order valence-corrected chi connectivity index (χ4v) is 2.28. The first-order valence-electron chi connectivity index (χ1n) is 7.08. The highest BCUT2D eigenvalue weighted by Gasteiger charge is 2.11. The molecule has 0 aliphatic rings. The molecule has 0 fully saturated rings. The molecular formula is C15H18N4O3. The second-order valence-corrected chi connectivity index (χ2v) is 5.53. The number of aryl methyl sites for hydroxylation is 2. The summed E-state index contributed by atoms with van der Waals surface area (Å²) in [5.41, 5.74) is 1.61. The average Bonchev–Trinajstić information content (AvgIpc) is 3.06. The Balaban J connectivity index is 1.82. The van der Waals surface area contributed by atoms with Gasteiger partial charge in [-0.05, 0) is 12.1 Å². The number of ether oxygens (including phenoxy) is 1. The van der Waals surface area contributed by atoms with Gasteiger partial charge in [0.2, 0.25) is 5.89 Å². The molecule has 7 heteroatoms. The molecule has 0 spiro atoms. The largest absolute Gasteiger partial charge is 0.484 e. The van der Waals surface area contributed by atoms with Crippen LogP contribution in [-0.2, 0) is 20.7 Å². The Morgan fingerprint density at radius 1 is 1.18 bits per heavy atom. The van der Waals surface area contributed by atoms with Crippen LogP contribution in [-0.4, -0.2) is 19.3 Å². The molecule has 0 saturated carbocycles. The van der Waals surface area contributed by atoms with Gasteiger partial charge in [-0.25, -0.2) is 4.79 Å². The topological polar surface area (TPSA) is 75.1 Å². The van der Waals surface area contributed by atoms with Crippen LogP contribution in [0.1, 0.15) is 31.5 Å². The van der Waals surface area contributed by atoms with Crippen molar-refractivity contribution in [1.82, 2.24) is 19.3 Å². The van der Waals surface area contributed by atoms with Crippen molar-refractivity contribution in [3.05, 3.63) is 40.5 Å². The van der Waals surface area contributed by atoms with Gasteiger partial charge in [0.1, 0.15) is 5.75 Å². The highest BCUT2D eigenvalue weighted by molar-refractivity contribution is 5.77. The third kappa shape index (κ3) is 2.38. The van der Waals surface area contributed by atoms with Gasteiger partial charge in [-0.15, -0.1) is 10.2 Å². The van der Waals surface area contributed by atoms with Crippen molar-refractivity contribution in [3.63, 3.8) is 0 Å². The first kappa shape index (κ1) is 14.4. The van der Waals surface area contributed by atoms with Crippen molar-refractivity contribution in [2.45, 2.75) is 26.4 Å². The van der Waals surface area contributed by atoms with Crippen molar-refractivity contribution in [1.29, 1.82) is 0 Å². The molecule has 2 aromatic heterocycles. The van der Waals surface area contributed by atoms with E-state index in [9.17, 15) is 4.79 Å². The quantitative estimate of drug-likeness (QED) is 0.736. The van der Waals surface area contributed by atoms with Crippen LogP contribution in [0.15, 0.2) is 27.4 Å². The number of aromatic nitrogens is 4. The van der Waals surface area contributed by atoms with Gasteiger partial charge in [-0.1, -0.05) is 13.8 Å². The Morgan fingerprint density at radius 3 is 2.59 bits per heavy atom. The summed E-state index contributed by atoms with van der Waals surface area (Å²) in [6, 6.07) is 5.51. The first-order chi connectivity index (χ1) is 10.5. The number of imidazole rings is 1. The zero-order valence-electron chi connectivity index (χ0n) is 13.0. The normalized spacial score (nSPS) is 11.5. The Kier molecular flexibility index (Phi) is 3.48. The van der Waals surface area contributed by atoms with Crippen LogP contribution in [0.5, 0.6) is 5.75 Å². The molecule has 0 atom stereocenters. The van der Waals surface area contributed by atoms with E-state index in [-0.39, 0.29) is 18.2 Å². The Bertz CT molecular complexity index is 873. The van der Waals surface area contributed by atoms with Gasteiger partial charge in [0.25, 0.3) is 5.89 Å². The lowest BCUT2D eigenvalue weighted by Gasteiger charge is -2.04. The van der Waals surface area contributed by atoms with Crippen LogP contribution < -0.4 is 10.4 Å². The van der Waals surface area contributed by atoms with Gasteiger partial charge < -0.3 is 9.15 Å². The molecule has 0 aliphatic heterocycles. The molecule has 0 saturated heterocycles. The number of nitrogens with zero attached hydrogens (tertiary/aromatic N) is 4. The van der Waals surface area contributed by atoms with Crippen LogP contribution in [0.3, 0.4) is 0 Å². The highest BCUT2D eigenvalue weighted by Crippen LogP contribution is 2.20. The molecule has 0 aliphatic carbocycles. The summed E-state index contributed by atoms with van der Waals surface area (Å²) in [6.45, 7) is 4.18. The highest BCUT2D eigenvalue weighted by atomic mass is 16.5. The van der Waals surface area contributed by atoms with Crippen molar-refractivity contribution >= 4 is 11.0 Å². The van der Waals surface area contributed by atoms with Crippen molar-refractivity contribution in [2.75, 3.05) is 0 Å². The number of rotatable bonds is 4. The van der Waals surface area contributed by atoms with E-state index in [1.54, 1.807) is 23.2 Å². The number of hydrogen-bond acceptors (Lipinski definition) is 5. The van der Waals surface area contributed by atoms with Gasteiger partial charge in [0, 0.05) is 26.1 Å². The van der Waals surface area contributed by atoms with Crippen LogP contribution in [0.4, 0.5) is 0 Å². The predicted molar refractivity (Wildman–Crippen MR) is 80.9 cm³/mol. The third-order valence-corrected chi connectivity index (χ3v) is 3.58. The number of fused-ring (bicyclic) bond motifs is 1. The lowest BCUT2D eigenvalue weighted by Crippen LogP contribution is -2.19. The fourth-order valence-electron chi connectivity index (χ4n) is 2.28.